The number of hydrogen-bond donors (Lipinski definition) is 10. The van der Waals surface area contributed by atoms with Gasteiger partial charge in [0.15, 0.2) is 29.7 Å². The van der Waals surface area contributed by atoms with Gasteiger partial charge in [-0.05, 0) is 48.9 Å². The van der Waals surface area contributed by atoms with E-state index in [2.05, 4.69) is 0 Å². The van der Waals surface area contributed by atoms with Crippen LogP contribution < -0.4 is 10.2 Å². The minimum atomic E-state index is -2.00. The van der Waals surface area contributed by atoms with Gasteiger partial charge < -0.3 is 79.2 Å². The van der Waals surface area contributed by atoms with Crippen LogP contribution in [0.4, 0.5) is 0 Å². The van der Waals surface area contributed by atoms with Gasteiger partial charge in [0.1, 0.15) is 71.4 Å². The Kier molecular flexibility index (Phi) is 11.0. The van der Waals surface area contributed by atoms with Gasteiger partial charge >= 0.3 is 5.97 Å². The van der Waals surface area contributed by atoms with Crippen molar-refractivity contribution in [3.63, 3.8) is 0 Å². The van der Waals surface area contributed by atoms with Gasteiger partial charge in [-0.2, -0.15) is 0 Å². The summed E-state index contributed by atoms with van der Waals surface area (Å²) in [5, 5.41) is 104. The molecule has 2 aliphatic rings. The van der Waals surface area contributed by atoms with E-state index in [-0.39, 0.29) is 16.9 Å². The number of fused-ring (bicyclic) bond motifs is 1. The SMILES string of the molecule is CC1O[C@@H](Oc2c(-c3ccc(O)c(O)c3)oc3cc(O)cc(O)c3c2=O)[C@@H](O[C@@H]2OC(COC(=O)/C=C/c3ccc(O)cc3)[C@@H](O)C(O)[C@H]2O)C(O)[C@H]1O. The quantitative estimate of drug-likeness (QED) is 0.0623. The number of esters is 1. The molecule has 4 aromatic rings. The highest BCUT2D eigenvalue weighted by Gasteiger charge is 2.51. The number of rotatable bonds is 9. The second-order valence-corrected chi connectivity index (χ2v) is 12.6. The Morgan fingerprint density at radius 2 is 1.48 bits per heavy atom. The van der Waals surface area contributed by atoms with Crippen LogP contribution in [0.15, 0.2) is 69.9 Å². The third-order valence-corrected chi connectivity index (χ3v) is 8.83. The summed E-state index contributed by atoms with van der Waals surface area (Å²) in [7, 11) is 0. The van der Waals surface area contributed by atoms with Crippen molar-refractivity contribution in [3.8, 4) is 45.8 Å². The van der Waals surface area contributed by atoms with Crippen molar-refractivity contribution in [1.29, 1.82) is 0 Å². The van der Waals surface area contributed by atoms with Crippen LogP contribution in [0.2, 0.25) is 0 Å². The van der Waals surface area contributed by atoms with Gasteiger partial charge in [-0.25, -0.2) is 4.79 Å². The number of carbonyl (C=O) groups is 1. The number of carbonyl (C=O) groups excluding carboxylic acids is 1. The highest BCUT2D eigenvalue weighted by Crippen LogP contribution is 2.40. The molecule has 10 atom stereocenters. The molecule has 2 saturated heterocycles. The first kappa shape index (κ1) is 38.3. The molecule has 0 amide bonds. The number of ether oxygens (including phenoxy) is 5. The zero-order valence-electron chi connectivity index (χ0n) is 28.1. The van der Waals surface area contributed by atoms with E-state index in [1.54, 1.807) is 0 Å². The lowest BCUT2D eigenvalue weighted by molar-refractivity contribution is -0.355. The average Bonchev–Trinajstić information content (AvgIpc) is 3.13. The maximum atomic E-state index is 13.9. The minimum Gasteiger partial charge on any atom is -0.508 e. The molecule has 3 heterocycles. The Morgan fingerprint density at radius 1 is 0.759 bits per heavy atom. The first-order valence-electron chi connectivity index (χ1n) is 16.3. The van der Waals surface area contributed by atoms with E-state index in [0.29, 0.717) is 5.56 Å². The van der Waals surface area contributed by atoms with Gasteiger partial charge in [-0.3, -0.25) is 4.79 Å². The third kappa shape index (κ3) is 7.77. The first-order chi connectivity index (χ1) is 25.6. The van der Waals surface area contributed by atoms with Crippen LogP contribution in [-0.2, 0) is 23.7 Å². The summed E-state index contributed by atoms with van der Waals surface area (Å²) in [6.07, 6.45) is -15.2. The van der Waals surface area contributed by atoms with E-state index in [4.69, 9.17) is 28.1 Å². The highest BCUT2D eigenvalue weighted by atomic mass is 16.8. The van der Waals surface area contributed by atoms with Crippen molar-refractivity contribution in [2.24, 2.45) is 0 Å². The van der Waals surface area contributed by atoms with Gasteiger partial charge in [0.05, 0.1) is 6.10 Å². The first-order valence-corrected chi connectivity index (χ1v) is 16.3. The molecule has 54 heavy (non-hydrogen) atoms. The van der Waals surface area contributed by atoms with Crippen LogP contribution in [0.3, 0.4) is 0 Å². The minimum absolute atomic E-state index is 0.0198. The summed E-state index contributed by atoms with van der Waals surface area (Å²) in [4.78, 5) is 26.3. The summed E-state index contributed by atoms with van der Waals surface area (Å²) in [6.45, 7) is 0.691. The molecule has 1 aromatic heterocycles. The van der Waals surface area contributed by atoms with Crippen molar-refractivity contribution in [1.82, 2.24) is 0 Å². The number of aliphatic hydroxyl groups excluding tert-OH is 5. The Labute approximate surface area is 304 Å². The molecular formula is C36H36O18. The number of phenolic OH excluding ortho intramolecular Hbond substituents is 5. The zero-order valence-corrected chi connectivity index (χ0v) is 28.1. The van der Waals surface area contributed by atoms with E-state index in [0.717, 1.165) is 30.3 Å². The summed E-state index contributed by atoms with van der Waals surface area (Å²) < 4.78 is 34.2. The Hall–Kier alpha value is -5.44. The van der Waals surface area contributed by atoms with Crippen LogP contribution >= 0.6 is 0 Å². The average molecular weight is 757 g/mol. The molecule has 2 fully saturated rings. The normalized spacial score (nSPS) is 28.6. The molecule has 0 aliphatic carbocycles. The summed E-state index contributed by atoms with van der Waals surface area (Å²) >= 11 is 0. The van der Waals surface area contributed by atoms with E-state index in [1.807, 2.05) is 0 Å². The maximum Gasteiger partial charge on any atom is 0.330 e. The predicted octanol–water partition coefficient (Wildman–Crippen LogP) is 0.283. The standard InChI is InChI=1S/C36H36O18/c1-14-26(43)30(47)34(54-35-31(48)29(46)27(44)23(52-35)13-49-24(42)9-4-15-2-6-17(37)7-3-15)36(50-14)53-33-28(45)25-21(41)11-18(38)12-22(25)51-32(33)16-5-8-19(39)20(40)10-16/h2-12,14,23,26-27,29-31,34-41,43-44,46-48H,13H2,1H3/b9-4+/t14?,23?,26-,27+,29?,30?,31+,34-,35-,36-/m0/s1. The van der Waals surface area contributed by atoms with Crippen molar-refractivity contribution < 1.29 is 84.0 Å². The summed E-state index contributed by atoms with van der Waals surface area (Å²) in [5.74, 6) is -4.31. The molecule has 0 spiro atoms. The lowest BCUT2D eigenvalue weighted by Gasteiger charge is -2.45. The predicted molar refractivity (Wildman–Crippen MR) is 181 cm³/mol. The molecule has 18 heteroatoms. The van der Waals surface area contributed by atoms with E-state index >= 15 is 0 Å². The van der Waals surface area contributed by atoms with Crippen LogP contribution in [0.25, 0.3) is 28.4 Å². The number of hydrogen-bond acceptors (Lipinski definition) is 18. The molecule has 288 valence electrons. The fourth-order valence-corrected chi connectivity index (χ4v) is 5.87. The van der Waals surface area contributed by atoms with E-state index < -0.39 is 119 Å². The molecule has 0 bridgehead atoms. The Balaban J connectivity index is 1.28. The molecular weight excluding hydrogens is 720 g/mol. The maximum absolute atomic E-state index is 13.9. The molecule has 18 nitrogen and oxygen atoms in total. The van der Waals surface area contributed by atoms with Crippen LogP contribution in [0, 0.1) is 0 Å². The van der Waals surface area contributed by atoms with Gasteiger partial charge in [0, 0.05) is 23.8 Å². The number of phenols is 5. The molecule has 4 unspecified atom stereocenters. The van der Waals surface area contributed by atoms with Gasteiger partial charge in [-0.15, -0.1) is 0 Å². The monoisotopic (exact) mass is 756 g/mol. The third-order valence-electron chi connectivity index (χ3n) is 8.83. The van der Waals surface area contributed by atoms with Crippen molar-refractivity contribution >= 4 is 23.0 Å². The van der Waals surface area contributed by atoms with Crippen molar-refractivity contribution in [3.05, 3.63) is 76.5 Å². The van der Waals surface area contributed by atoms with Gasteiger partial charge in [-0.1, -0.05) is 12.1 Å². The Bertz CT molecular complexity index is 2080. The van der Waals surface area contributed by atoms with Gasteiger partial charge in [0.2, 0.25) is 17.5 Å². The fourth-order valence-electron chi connectivity index (χ4n) is 5.87. The lowest BCUT2D eigenvalue weighted by Crippen LogP contribution is -2.64. The van der Waals surface area contributed by atoms with Crippen LogP contribution in [0.5, 0.6) is 34.5 Å². The number of aromatic hydroxyl groups is 5. The topological polar surface area (TPSA) is 296 Å². The molecule has 0 saturated carbocycles. The van der Waals surface area contributed by atoms with E-state index in [9.17, 15) is 60.7 Å². The van der Waals surface area contributed by atoms with Crippen LogP contribution in [-0.4, -0.2) is 125 Å². The fraction of sp³-hybridized carbons (Fsp3) is 0.333. The van der Waals surface area contributed by atoms with Crippen molar-refractivity contribution in [2.75, 3.05) is 6.61 Å². The lowest BCUT2D eigenvalue weighted by atomic mass is 9.97. The number of aliphatic hydroxyl groups is 5. The molecule has 2 aliphatic heterocycles. The molecule has 10 N–H and O–H groups in total. The molecule has 3 aromatic carbocycles. The molecule has 6 rings (SSSR count). The highest BCUT2D eigenvalue weighted by molar-refractivity contribution is 5.88. The summed E-state index contributed by atoms with van der Waals surface area (Å²) in [5.41, 5.74) is -0.858. The second kappa shape index (κ2) is 15.5. The van der Waals surface area contributed by atoms with Crippen LogP contribution in [0.1, 0.15) is 12.5 Å². The van der Waals surface area contributed by atoms with Gasteiger partial charge in [0.25, 0.3) is 0 Å². The largest absolute Gasteiger partial charge is 0.508 e. The summed E-state index contributed by atoms with van der Waals surface area (Å²) in [6, 6.07) is 11.1. The molecule has 0 radical (unpaired) electrons. The van der Waals surface area contributed by atoms with E-state index in [1.165, 1.54) is 43.3 Å². The Morgan fingerprint density at radius 3 is 2.19 bits per heavy atom. The zero-order chi connectivity index (χ0) is 39.0. The second-order valence-electron chi connectivity index (χ2n) is 12.6. The smallest absolute Gasteiger partial charge is 0.330 e. The van der Waals surface area contributed by atoms with Crippen molar-refractivity contribution in [2.45, 2.75) is 68.3 Å². The number of benzene rings is 3.